The predicted octanol–water partition coefficient (Wildman–Crippen LogP) is 0.919. The quantitative estimate of drug-likeness (QED) is 0.247. The van der Waals surface area contributed by atoms with Crippen LogP contribution < -0.4 is 5.73 Å². The molecule has 5 N–H and O–H groups in total. The van der Waals surface area contributed by atoms with E-state index in [0.717, 1.165) is 26.4 Å². The zero-order valence-corrected chi connectivity index (χ0v) is 16.7. The lowest BCUT2D eigenvalue weighted by Crippen LogP contribution is -2.36. The standard InChI is InChI=1S/C13H29NO10P2/c1-10-12(15)13(11(23-10)9-22-25(16,17)20-2)24-26(18,19)21-8-6-4-3-5-7-14/h10-13,15H,3-9,14H2,1-2H3,(H,16,17)(H,18,19)/t10-,11+,12+,13?/m0/s1. The summed E-state index contributed by atoms with van der Waals surface area (Å²) in [4.78, 5) is 19.1. The summed E-state index contributed by atoms with van der Waals surface area (Å²) in [6, 6.07) is 0. The number of nitrogens with two attached hydrogens (primary N) is 1. The first kappa shape index (κ1) is 24.1. The van der Waals surface area contributed by atoms with E-state index in [1.165, 1.54) is 6.92 Å². The Hall–Kier alpha value is 0.1000. The molecule has 0 saturated carbocycles. The van der Waals surface area contributed by atoms with Gasteiger partial charge >= 0.3 is 15.6 Å². The minimum absolute atomic E-state index is 0.00819. The van der Waals surface area contributed by atoms with E-state index in [9.17, 15) is 24.0 Å². The van der Waals surface area contributed by atoms with Crippen LogP contribution in [0.15, 0.2) is 0 Å². The highest BCUT2D eigenvalue weighted by Crippen LogP contribution is 2.48. The van der Waals surface area contributed by atoms with E-state index in [2.05, 4.69) is 4.52 Å². The van der Waals surface area contributed by atoms with Crippen LogP contribution in [0.5, 0.6) is 0 Å². The monoisotopic (exact) mass is 421 g/mol. The number of unbranched alkanes of at least 4 members (excludes halogenated alkanes) is 3. The van der Waals surface area contributed by atoms with Gasteiger partial charge in [-0.25, -0.2) is 9.13 Å². The first-order valence-corrected chi connectivity index (χ1v) is 11.3. The Labute approximate surface area is 153 Å². The molecule has 0 spiro atoms. The SMILES string of the molecule is COP(=O)(O)OC[C@H]1O[C@@H](C)[C@@H](O)C1OP(=O)(O)OCCCCCCN. The maximum atomic E-state index is 12.1. The molecule has 0 radical (unpaired) electrons. The maximum Gasteiger partial charge on any atom is 0.472 e. The van der Waals surface area contributed by atoms with Crippen molar-refractivity contribution in [1.29, 1.82) is 0 Å². The van der Waals surface area contributed by atoms with Crippen LogP contribution in [-0.2, 0) is 32.0 Å². The number of rotatable bonds is 13. The summed E-state index contributed by atoms with van der Waals surface area (Å²) >= 11 is 0. The Bertz CT molecular complexity index is 507. The lowest BCUT2D eigenvalue weighted by molar-refractivity contribution is -0.0202. The number of ether oxygens (including phenoxy) is 1. The zero-order chi connectivity index (χ0) is 19.8. The van der Waals surface area contributed by atoms with Crippen molar-refractivity contribution in [1.82, 2.24) is 0 Å². The Kier molecular flexibility index (Phi) is 10.4. The average Bonchev–Trinajstić information content (AvgIpc) is 2.83. The van der Waals surface area contributed by atoms with Crippen molar-refractivity contribution in [3.05, 3.63) is 0 Å². The minimum atomic E-state index is -4.45. The summed E-state index contributed by atoms with van der Waals surface area (Å²) in [6.07, 6.45) is -1.18. The number of aliphatic hydroxyl groups excluding tert-OH is 1. The summed E-state index contributed by atoms with van der Waals surface area (Å²) in [5.41, 5.74) is 5.38. The number of aliphatic hydroxyl groups is 1. The van der Waals surface area contributed by atoms with Gasteiger partial charge in [0.25, 0.3) is 0 Å². The lowest BCUT2D eigenvalue weighted by Gasteiger charge is -2.23. The molecule has 0 bridgehead atoms. The second kappa shape index (κ2) is 11.2. The molecule has 1 saturated heterocycles. The first-order chi connectivity index (χ1) is 12.1. The van der Waals surface area contributed by atoms with Gasteiger partial charge in [0, 0.05) is 7.11 Å². The smallest absolute Gasteiger partial charge is 0.388 e. The van der Waals surface area contributed by atoms with Crippen LogP contribution in [-0.4, -0.2) is 66.2 Å². The molecule has 0 amide bonds. The Morgan fingerprint density at radius 2 is 1.73 bits per heavy atom. The van der Waals surface area contributed by atoms with E-state index in [-0.39, 0.29) is 6.61 Å². The Balaban J connectivity index is 2.53. The molecule has 156 valence electrons. The molecule has 1 aliphatic heterocycles. The summed E-state index contributed by atoms with van der Waals surface area (Å²) in [5.74, 6) is 0. The Morgan fingerprint density at radius 3 is 2.35 bits per heavy atom. The molecule has 11 nitrogen and oxygen atoms in total. The van der Waals surface area contributed by atoms with E-state index in [0.29, 0.717) is 13.0 Å². The summed E-state index contributed by atoms with van der Waals surface area (Å²) in [6.45, 7) is 1.64. The van der Waals surface area contributed by atoms with E-state index >= 15 is 0 Å². The van der Waals surface area contributed by atoms with Gasteiger partial charge in [0.05, 0.1) is 19.3 Å². The number of hydrogen-bond donors (Lipinski definition) is 4. The summed E-state index contributed by atoms with van der Waals surface area (Å²) in [5, 5.41) is 10.1. The lowest BCUT2D eigenvalue weighted by atomic mass is 10.1. The van der Waals surface area contributed by atoms with Crippen molar-refractivity contribution in [2.75, 3.05) is 26.9 Å². The second-order valence-electron chi connectivity index (χ2n) is 5.89. The molecule has 26 heavy (non-hydrogen) atoms. The van der Waals surface area contributed by atoms with E-state index in [1.807, 2.05) is 0 Å². The van der Waals surface area contributed by atoms with Crippen molar-refractivity contribution in [3.8, 4) is 0 Å². The van der Waals surface area contributed by atoms with Crippen LogP contribution in [0.3, 0.4) is 0 Å². The fourth-order valence-corrected chi connectivity index (χ4v) is 3.80. The molecule has 1 heterocycles. The fraction of sp³-hybridized carbons (Fsp3) is 1.00. The molecule has 0 aliphatic carbocycles. The van der Waals surface area contributed by atoms with Crippen LogP contribution >= 0.6 is 15.6 Å². The molecule has 6 atom stereocenters. The van der Waals surface area contributed by atoms with Gasteiger partial charge in [0.1, 0.15) is 18.3 Å². The number of phosphoric acid groups is 2. The molecule has 1 rings (SSSR count). The van der Waals surface area contributed by atoms with Crippen molar-refractivity contribution in [2.24, 2.45) is 5.73 Å². The van der Waals surface area contributed by atoms with Gasteiger partial charge in [-0.15, -0.1) is 0 Å². The molecule has 1 aliphatic rings. The normalized spacial score (nSPS) is 30.8. The summed E-state index contributed by atoms with van der Waals surface area (Å²) in [7, 11) is -7.72. The van der Waals surface area contributed by atoms with Crippen molar-refractivity contribution in [2.45, 2.75) is 57.0 Å². The van der Waals surface area contributed by atoms with Crippen LogP contribution in [0, 0.1) is 0 Å². The topological polar surface area (TPSA) is 167 Å². The van der Waals surface area contributed by atoms with Crippen LogP contribution in [0.1, 0.15) is 32.6 Å². The number of phosphoric ester groups is 2. The average molecular weight is 421 g/mol. The predicted molar refractivity (Wildman–Crippen MR) is 91.3 cm³/mol. The molecular weight excluding hydrogens is 392 g/mol. The van der Waals surface area contributed by atoms with Crippen molar-refractivity contribution in [3.63, 3.8) is 0 Å². The number of hydrogen-bond acceptors (Lipinski definition) is 9. The Morgan fingerprint density at radius 1 is 1.08 bits per heavy atom. The molecule has 0 aromatic heterocycles. The van der Waals surface area contributed by atoms with Crippen LogP contribution in [0.25, 0.3) is 0 Å². The van der Waals surface area contributed by atoms with Gasteiger partial charge in [0.2, 0.25) is 0 Å². The van der Waals surface area contributed by atoms with E-state index in [1.54, 1.807) is 0 Å². The molecule has 0 aromatic carbocycles. The van der Waals surface area contributed by atoms with Gasteiger partial charge < -0.3 is 25.4 Å². The maximum absolute atomic E-state index is 12.1. The fourth-order valence-electron chi connectivity index (χ4n) is 2.37. The third kappa shape index (κ3) is 8.41. The van der Waals surface area contributed by atoms with Gasteiger partial charge in [-0.1, -0.05) is 12.8 Å². The first-order valence-electron chi connectivity index (χ1n) is 8.34. The van der Waals surface area contributed by atoms with Crippen LogP contribution in [0.4, 0.5) is 0 Å². The zero-order valence-electron chi connectivity index (χ0n) is 14.9. The third-order valence-electron chi connectivity index (χ3n) is 3.81. The van der Waals surface area contributed by atoms with Crippen molar-refractivity contribution < 1.29 is 46.9 Å². The second-order valence-corrected chi connectivity index (χ2v) is 8.86. The van der Waals surface area contributed by atoms with E-state index in [4.69, 9.17) is 24.0 Å². The highest BCUT2D eigenvalue weighted by atomic mass is 31.2. The third-order valence-corrected chi connectivity index (χ3v) is 5.77. The summed E-state index contributed by atoms with van der Waals surface area (Å²) < 4.78 is 47.7. The van der Waals surface area contributed by atoms with Crippen LogP contribution in [0.2, 0.25) is 0 Å². The van der Waals surface area contributed by atoms with Crippen molar-refractivity contribution >= 4 is 15.6 Å². The molecule has 1 fully saturated rings. The van der Waals surface area contributed by atoms with Gasteiger partial charge in [0.15, 0.2) is 0 Å². The largest absolute Gasteiger partial charge is 0.472 e. The molecular formula is C13H29NO10P2. The highest BCUT2D eigenvalue weighted by Gasteiger charge is 2.47. The highest BCUT2D eigenvalue weighted by molar-refractivity contribution is 7.47. The molecule has 13 heteroatoms. The van der Waals surface area contributed by atoms with Gasteiger partial charge in [-0.3, -0.25) is 18.1 Å². The van der Waals surface area contributed by atoms with E-state index < -0.39 is 46.7 Å². The minimum Gasteiger partial charge on any atom is -0.388 e. The molecule has 0 aromatic rings. The molecule has 3 unspecified atom stereocenters. The van der Waals surface area contributed by atoms with Gasteiger partial charge in [-0.05, 0) is 26.3 Å². The van der Waals surface area contributed by atoms with Gasteiger partial charge in [-0.2, -0.15) is 0 Å².